The van der Waals surface area contributed by atoms with Crippen LogP contribution < -0.4 is 5.32 Å². The van der Waals surface area contributed by atoms with Gasteiger partial charge >= 0.3 is 0 Å². The Hall–Kier alpha value is -2.42. The molecular formula is C19H21FN2. The summed E-state index contributed by atoms with van der Waals surface area (Å²) in [6, 6.07) is 5.39. The van der Waals surface area contributed by atoms with Gasteiger partial charge < -0.3 is 5.32 Å². The van der Waals surface area contributed by atoms with E-state index in [9.17, 15) is 4.39 Å². The van der Waals surface area contributed by atoms with E-state index >= 15 is 0 Å². The van der Waals surface area contributed by atoms with Crippen molar-refractivity contribution in [3.05, 3.63) is 66.3 Å². The number of fused-ring (bicyclic) bond motifs is 1. The van der Waals surface area contributed by atoms with Crippen LogP contribution in [-0.2, 0) is 0 Å². The monoisotopic (exact) mass is 296 g/mol. The molecular weight excluding hydrogens is 275 g/mol. The van der Waals surface area contributed by atoms with Gasteiger partial charge in [-0.15, -0.1) is 0 Å². The molecule has 22 heavy (non-hydrogen) atoms. The molecule has 3 heteroatoms. The fraction of sp³-hybridized carbons (Fsp3) is 0.211. The van der Waals surface area contributed by atoms with Crippen LogP contribution in [0.4, 0.5) is 10.2 Å². The van der Waals surface area contributed by atoms with Gasteiger partial charge in [0.2, 0.25) is 0 Å². The normalized spacial score (nSPS) is 11.5. The zero-order valence-electron chi connectivity index (χ0n) is 13.3. The van der Waals surface area contributed by atoms with Crippen LogP contribution >= 0.6 is 0 Å². The predicted molar refractivity (Wildman–Crippen MR) is 93.2 cm³/mol. The molecule has 1 heterocycles. The Morgan fingerprint density at radius 3 is 2.59 bits per heavy atom. The highest BCUT2D eigenvalue weighted by Gasteiger charge is 2.09. The van der Waals surface area contributed by atoms with Crippen LogP contribution in [0, 0.1) is 5.82 Å². The van der Waals surface area contributed by atoms with E-state index in [0.717, 1.165) is 34.2 Å². The molecule has 0 unspecified atom stereocenters. The molecule has 0 saturated heterocycles. The Balaban J connectivity index is 2.53. The molecule has 1 aromatic heterocycles. The molecule has 0 aliphatic carbocycles. The van der Waals surface area contributed by atoms with E-state index in [1.54, 1.807) is 12.3 Å². The van der Waals surface area contributed by atoms with Crippen molar-refractivity contribution in [2.45, 2.75) is 27.2 Å². The first kappa shape index (κ1) is 16.0. The molecule has 0 amide bonds. The average molecular weight is 296 g/mol. The van der Waals surface area contributed by atoms with Crippen LogP contribution in [0.25, 0.3) is 16.3 Å². The molecule has 114 valence electrons. The van der Waals surface area contributed by atoms with Crippen LogP contribution in [-0.4, -0.2) is 4.98 Å². The van der Waals surface area contributed by atoms with Crippen LogP contribution in [0.2, 0.25) is 0 Å². The Morgan fingerprint density at radius 1 is 1.27 bits per heavy atom. The minimum Gasteiger partial charge on any atom is -0.345 e. The third-order valence-corrected chi connectivity index (χ3v) is 3.34. The third-order valence-electron chi connectivity index (χ3n) is 3.34. The molecule has 0 aliphatic heterocycles. The van der Waals surface area contributed by atoms with Gasteiger partial charge in [0.05, 0.1) is 0 Å². The number of benzene rings is 1. The first-order valence-corrected chi connectivity index (χ1v) is 7.22. The summed E-state index contributed by atoms with van der Waals surface area (Å²) in [5.74, 6) is 0.404. The highest BCUT2D eigenvalue weighted by Crippen LogP contribution is 2.28. The molecule has 0 spiro atoms. The molecule has 0 aliphatic rings. The average Bonchev–Trinajstić information content (AvgIpc) is 2.43. The van der Waals surface area contributed by atoms with Crippen molar-refractivity contribution in [2.24, 2.45) is 0 Å². The molecule has 0 saturated carbocycles. The van der Waals surface area contributed by atoms with Crippen molar-refractivity contribution in [1.82, 2.24) is 4.98 Å². The van der Waals surface area contributed by atoms with Gasteiger partial charge in [-0.25, -0.2) is 9.37 Å². The number of rotatable bonds is 5. The molecule has 2 aromatic rings. The number of aromatic nitrogens is 1. The first-order valence-electron chi connectivity index (χ1n) is 7.22. The largest absolute Gasteiger partial charge is 0.345 e. The lowest BCUT2D eigenvalue weighted by Crippen LogP contribution is -1.97. The number of nitrogens with one attached hydrogen (secondary N) is 1. The van der Waals surface area contributed by atoms with Crippen molar-refractivity contribution < 1.29 is 4.39 Å². The van der Waals surface area contributed by atoms with Crippen LogP contribution in [0.15, 0.2) is 54.9 Å². The minimum absolute atomic E-state index is 0.261. The summed E-state index contributed by atoms with van der Waals surface area (Å²) in [7, 11) is 0. The maximum absolute atomic E-state index is 14.3. The van der Waals surface area contributed by atoms with Gasteiger partial charge in [-0.05, 0) is 61.9 Å². The van der Waals surface area contributed by atoms with Gasteiger partial charge in [0.1, 0.15) is 11.6 Å². The smallest absolute Gasteiger partial charge is 0.133 e. The van der Waals surface area contributed by atoms with Gasteiger partial charge in [0, 0.05) is 17.3 Å². The van der Waals surface area contributed by atoms with Crippen molar-refractivity contribution in [3.63, 3.8) is 0 Å². The maximum Gasteiger partial charge on any atom is 0.133 e. The predicted octanol–water partition coefficient (Wildman–Crippen LogP) is 5.69. The molecule has 0 fully saturated rings. The van der Waals surface area contributed by atoms with E-state index in [1.807, 2.05) is 39.0 Å². The van der Waals surface area contributed by atoms with Gasteiger partial charge in [0.25, 0.3) is 0 Å². The minimum atomic E-state index is -0.261. The second-order valence-electron chi connectivity index (χ2n) is 5.60. The van der Waals surface area contributed by atoms with Gasteiger partial charge in [0.15, 0.2) is 0 Å². The zero-order valence-corrected chi connectivity index (χ0v) is 13.3. The summed E-state index contributed by atoms with van der Waals surface area (Å²) in [5, 5.41) is 4.38. The van der Waals surface area contributed by atoms with E-state index in [2.05, 4.69) is 23.5 Å². The van der Waals surface area contributed by atoms with Gasteiger partial charge in [-0.2, -0.15) is 0 Å². The highest BCUT2D eigenvalue weighted by molar-refractivity contribution is 5.88. The Labute approximate surface area is 131 Å². The lowest BCUT2D eigenvalue weighted by atomic mass is 9.97. The summed E-state index contributed by atoms with van der Waals surface area (Å²) in [6.07, 6.45) is 4.29. The molecule has 2 rings (SSSR count). The standard InChI is InChI=1S/C19H21FN2/c1-6-14(7-12(2)3)15-8-16-10-19(22-13(4)5)21-11-17(16)18(20)9-15/h6,8-11H,2,4,7H2,1,3,5H3,(H,21,22)/b14-6+. The Bertz CT molecular complexity index is 772. The van der Waals surface area contributed by atoms with Crippen LogP contribution in [0.5, 0.6) is 0 Å². The van der Waals surface area contributed by atoms with Crippen molar-refractivity contribution >= 4 is 22.2 Å². The third kappa shape index (κ3) is 3.61. The number of hydrogen-bond acceptors (Lipinski definition) is 2. The first-order chi connectivity index (χ1) is 10.4. The molecule has 0 bridgehead atoms. The van der Waals surface area contributed by atoms with Gasteiger partial charge in [-0.3, -0.25) is 0 Å². The fourth-order valence-electron chi connectivity index (χ4n) is 2.38. The van der Waals surface area contributed by atoms with Crippen LogP contribution in [0.1, 0.15) is 32.8 Å². The molecule has 0 atom stereocenters. The number of pyridine rings is 1. The second-order valence-corrected chi connectivity index (χ2v) is 5.60. The lowest BCUT2D eigenvalue weighted by molar-refractivity contribution is 0.639. The maximum atomic E-state index is 14.3. The van der Waals surface area contributed by atoms with E-state index in [4.69, 9.17) is 0 Å². The quantitative estimate of drug-likeness (QED) is 0.717. The second kappa shape index (κ2) is 6.56. The highest BCUT2D eigenvalue weighted by atomic mass is 19.1. The number of halogens is 1. The van der Waals surface area contributed by atoms with E-state index in [-0.39, 0.29) is 5.82 Å². The van der Waals surface area contributed by atoms with E-state index in [0.29, 0.717) is 11.2 Å². The van der Waals surface area contributed by atoms with Gasteiger partial charge in [-0.1, -0.05) is 24.8 Å². The SMILES string of the molecule is C=C(C)C/C(=C\C)c1cc(F)c2cnc(NC(=C)C)cc2c1. The Kier molecular flexibility index (Phi) is 4.76. The Morgan fingerprint density at radius 2 is 2.00 bits per heavy atom. The summed E-state index contributed by atoms with van der Waals surface area (Å²) >= 11 is 0. The van der Waals surface area contributed by atoms with E-state index < -0.39 is 0 Å². The summed E-state index contributed by atoms with van der Waals surface area (Å²) in [6.45, 7) is 13.5. The lowest BCUT2D eigenvalue weighted by Gasteiger charge is -2.11. The van der Waals surface area contributed by atoms with Crippen molar-refractivity contribution in [3.8, 4) is 0 Å². The summed E-state index contributed by atoms with van der Waals surface area (Å²) in [4.78, 5) is 4.21. The summed E-state index contributed by atoms with van der Waals surface area (Å²) < 4.78 is 14.3. The molecule has 2 nitrogen and oxygen atoms in total. The van der Waals surface area contributed by atoms with Crippen LogP contribution in [0.3, 0.4) is 0 Å². The number of allylic oxidation sites excluding steroid dienone is 4. The molecule has 1 N–H and O–H groups in total. The van der Waals surface area contributed by atoms with E-state index in [1.165, 1.54) is 0 Å². The van der Waals surface area contributed by atoms with Crippen molar-refractivity contribution in [1.29, 1.82) is 0 Å². The summed E-state index contributed by atoms with van der Waals surface area (Å²) in [5.41, 5.74) is 3.79. The zero-order chi connectivity index (χ0) is 16.3. The van der Waals surface area contributed by atoms with Crippen molar-refractivity contribution in [2.75, 3.05) is 5.32 Å². The fourth-order valence-corrected chi connectivity index (χ4v) is 2.38. The molecule has 1 aromatic carbocycles. The topological polar surface area (TPSA) is 24.9 Å². The number of hydrogen-bond donors (Lipinski definition) is 1. The molecule has 0 radical (unpaired) electrons. The number of anilines is 1. The number of nitrogens with zero attached hydrogens (tertiary/aromatic N) is 1.